The minimum Gasteiger partial charge on any atom is -0.351 e. The number of hydrogen-bond acceptors (Lipinski definition) is 6. The molecule has 0 spiro atoms. The van der Waals surface area contributed by atoms with Crippen molar-refractivity contribution in [2.24, 2.45) is 0 Å². The van der Waals surface area contributed by atoms with Gasteiger partial charge in [0.25, 0.3) is 5.91 Å². The average molecular weight is 224 g/mol. The topological polar surface area (TPSA) is 72.1 Å². The summed E-state index contributed by atoms with van der Waals surface area (Å²) in [6.45, 7) is 1.83. The summed E-state index contributed by atoms with van der Waals surface area (Å²) >= 11 is 1.34. The lowest BCUT2D eigenvalue weighted by atomic mass is 10.4. The van der Waals surface area contributed by atoms with E-state index in [-0.39, 0.29) is 11.7 Å². The molecule has 15 heavy (non-hydrogen) atoms. The van der Waals surface area contributed by atoms with E-state index in [2.05, 4.69) is 15.4 Å². The second kappa shape index (κ2) is 3.77. The SMILES string of the molecule is Cc1nnc(N(C)C(=O)c2ccno2)s1. The zero-order valence-electron chi connectivity index (χ0n) is 8.17. The summed E-state index contributed by atoms with van der Waals surface area (Å²) in [5.41, 5.74) is 0. The van der Waals surface area contributed by atoms with Crippen LogP contribution in [-0.2, 0) is 0 Å². The van der Waals surface area contributed by atoms with Crippen LogP contribution in [-0.4, -0.2) is 28.3 Å². The minimum atomic E-state index is -0.288. The highest BCUT2D eigenvalue weighted by Crippen LogP contribution is 2.19. The normalized spacial score (nSPS) is 10.3. The number of anilines is 1. The minimum absolute atomic E-state index is 0.186. The predicted molar refractivity (Wildman–Crippen MR) is 53.9 cm³/mol. The van der Waals surface area contributed by atoms with Crippen molar-refractivity contribution in [1.82, 2.24) is 15.4 Å². The third-order valence-corrected chi connectivity index (χ3v) is 2.67. The molecule has 2 heterocycles. The molecule has 1 amide bonds. The summed E-state index contributed by atoms with van der Waals surface area (Å²) in [4.78, 5) is 13.1. The molecule has 7 heteroatoms. The van der Waals surface area contributed by atoms with Crippen molar-refractivity contribution in [3.63, 3.8) is 0 Å². The fourth-order valence-corrected chi connectivity index (χ4v) is 1.65. The van der Waals surface area contributed by atoms with Gasteiger partial charge in [-0.1, -0.05) is 16.5 Å². The Kier molecular flexibility index (Phi) is 2.46. The van der Waals surface area contributed by atoms with Gasteiger partial charge in [0.15, 0.2) is 0 Å². The molecule has 0 radical (unpaired) electrons. The van der Waals surface area contributed by atoms with Crippen LogP contribution >= 0.6 is 11.3 Å². The van der Waals surface area contributed by atoms with Crippen molar-refractivity contribution >= 4 is 22.4 Å². The lowest BCUT2D eigenvalue weighted by Crippen LogP contribution is -2.25. The van der Waals surface area contributed by atoms with Gasteiger partial charge in [-0.25, -0.2) is 0 Å². The van der Waals surface area contributed by atoms with Crippen molar-refractivity contribution in [3.8, 4) is 0 Å². The highest BCUT2D eigenvalue weighted by Gasteiger charge is 2.19. The number of carbonyl (C=O) groups is 1. The predicted octanol–water partition coefficient (Wildman–Crippen LogP) is 1.11. The molecule has 2 rings (SSSR count). The Labute approximate surface area is 89.5 Å². The van der Waals surface area contributed by atoms with Crippen LogP contribution in [0.4, 0.5) is 5.13 Å². The smallest absolute Gasteiger partial charge is 0.298 e. The number of aryl methyl sites for hydroxylation is 1. The van der Waals surface area contributed by atoms with Gasteiger partial charge in [-0.3, -0.25) is 9.69 Å². The Bertz CT molecular complexity index is 465. The fourth-order valence-electron chi connectivity index (χ4n) is 1.000. The van der Waals surface area contributed by atoms with Gasteiger partial charge in [0.2, 0.25) is 10.9 Å². The van der Waals surface area contributed by atoms with Crippen LogP contribution in [0.15, 0.2) is 16.8 Å². The molecule has 0 saturated carbocycles. The average Bonchev–Trinajstić information content (AvgIpc) is 2.85. The van der Waals surface area contributed by atoms with Crippen molar-refractivity contribution in [2.75, 3.05) is 11.9 Å². The van der Waals surface area contributed by atoms with Gasteiger partial charge in [0, 0.05) is 13.1 Å². The van der Waals surface area contributed by atoms with Crippen molar-refractivity contribution in [3.05, 3.63) is 23.0 Å². The van der Waals surface area contributed by atoms with Gasteiger partial charge < -0.3 is 4.52 Å². The Hall–Kier alpha value is -1.76. The molecule has 2 aromatic heterocycles. The molecule has 0 bridgehead atoms. The molecule has 0 aromatic carbocycles. The molecule has 0 aliphatic heterocycles. The maximum absolute atomic E-state index is 11.7. The lowest BCUT2D eigenvalue weighted by Gasteiger charge is -2.09. The van der Waals surface area contributed by atoms with Crippen LogP contribution in [0.1, 0.15) is 15.6 Å². The van der Waals surface area contributed by atoms with Crippen LogP contribution in [0.25, 0.3) is 0 Å². The molecule has 0 atom stereocenters. The number of carbonyl (C=O) groups excluding carboxylic acids is 1. The van der Waals surface area contributed by atoms with Gasteiger partial charge >= 0.3 is 0 Å². The van der Waals surface area contributed by atoms with E-state index >= 15 is 0 Å². The standard InChI is InChI=1S/C8H8N4O2S/c1-5-10-11-8(15-5)12(2)7(13)6-3-4-9-14-6/h3-4H,1-2H3. The van der Waals surface area contributed by atoms with E-state index in [1.54, 1.807) is 7.05 Å². The van der Waals surface area contributed by atoms with Crippen molar-refractivity contribution in [1.29, 1.82) is 0 Å². The molecular weight excluding hydrogens is 216 g/mol. The highest BCUT2D eigenvalue weighted by atomic mass is 32.1. The largest absolute Gasteiger partial charge is 0.351 e. The molecule has 0 aliphatic carbocycles. The quantitative estimate of drug-likeness (QED) is 0.764. The molecule has 0 N–H and O–H groups in total. The van der Waals surface area contributed by atoms with Crippen molar-refractivity contribution in [2.45, 2.75) is 6.92 Å². The second-order valence-electron chi connectivity index (χ2n) is 2.84. The van der Waals surface area contributed by atoms with Crippen LogP contribution in [0.2, 0.25) is 0 Å². The first-order chi connectivity index (χ1) is 7.18. The Morgan fingerprint density at radius 3 is 2.87 bits per heavy atom. The molecule has 0 aliphatic rings. The molecule has 0 fully saturated rings. The van der Waals surface area contributed by atoms with Crippen LogP contribution in [0, 0.1) is 6.92 Å². The Balaban J connectivity index is 2.22. The van der Waals surface area contributed by atoms with Crippen LogP contribution in [0.3, 0.4) is 0 Å². The Morgan fingerprint density at radius 1 is 1.53 bits per heavy atom. The van der Waals surface area contributed by atoms with Crippen LogP contribution < -0.4 is 4.90 Å². The van der Waals surface area contributed by atoms with E-state index in [1.807, 2.05) is 6.92 Å². The number of nitrogens with zero attached hydrogens (tertiary/aromatic N) is 4. The maximum atomic E-state index is 11.7. The molecule has 2 aromatic rings. The van der Waals surface area contributed by atoms with Gasteiger partial charge in [0.1, 0.15) is 5.01 Å². The summed E-state index contributed by atoms with van der Waals surface area (Å²) in [6, 6.07) is 1.51. The van der Waals surface area contributed by atoms with Crippen molar-refractivity contribution < 1.29 is 9.32 Å². The third kappa shape index (κ3) is 1.86. The molecule has 0 saturated heterocycles. The zero-order chi connectivity index (χ0) is 10.8. The summed E-state index contributed by atoms with van der Waals surface area (Å²) in [5, 5.41) is 12.5. The number of hydrogen-bond donors (Lipinski definition) is 0. The Morgan fingerprint density at radius 2 is 2.33 bits per heavy atom. The molecule has 6 nitrogen and oxygen atoms in total. The first-order valence-electron chi connectivity index (χ1n) is 4.17. The maximum Gasteiger partial charge on any atom is 0.298 e. The zero-order valence-corrected chi connectivity index (χ0v) is 8.98. The van der Waals surface area contributed by atoms with Gasteiger partial charge in [0.05, 0.1) is 6.20 Å². The number of aromatic nitrogens is 3. The van der Waals surface area contributed by atoms with E-state index in [0.29, 0.717) is 5.13 Å². The van der Waals surface area contributed by atoms with Crippen LogP contribution in [0.5, 0.6) is 0 Å². The first kappa shape index (κ1) is 9.78. The first-order valence-corrected chi connectivity index (χ1v) is 4.99. The summed E-state index contributed by atoms with van der Waals surface area (Å²) in [7, 11) is 1.62. The van der Waals surface area contributed by atoms with E-state index in [9.17, 15) is 4.79 Å². The monoisotopic (exact) mass is 224 g/mol. The lowest BCUT2D eigenvalue weighted by molar-refractivity contribution is 0.0957. The second-order valence-corrected chi connectivity index (χ2v) is 4.00. The highest BCUT2D eigenvalue weighted by molar-refractivity contribution is 7.15. The summed E-state index contributed by atoms with van der Waals surface area (Å²) in [6.07, 6.45) is 1.42. The van der Waals surface area contributed by atoms with Gasteiger partial charge in [-0.2, -0.15) is 0 Å². The van der Waals surface area contributed by atoms with E-state index < -0.39 is 0 Å². The van der Waals surface area contributed by atoms with E-state index in [1.165, 1.54) is 28.5 Å². The van der Waals surface area contributed by atoms with Gasteiger partial charge in [-0.05, 0) is 6.92 Å². The molecule has 78 valence electrons. The van der Waals surface area contributed by atoms with E-state index in [4.69, 9.17) is 4.52 Å². The summed E-state index contributed by atoms with van der Waals surface area (Å²) < 4.78 is 4.76. The molecule has 0 unspecified atom stereocenters. The summed E-state index contributed by atoms with van der Waals surface area (Å²) in [5.74, 6) is -0.103. The fraction of sp³-hybridized carbons (Fsp3) is 0.250. The molecular formula is C8H8N4O2S. The van der Waals surface area contributed by atoms with E-state index in [0.717, 1.165) is 5.01 Å². The number of rotatable bonds is 2. The number of amides is 1. The van der Waals surface area contributed by atoms with Gasteiger partial charge in [-0.15, -0.1) is 10.2 Å². The third-order valence-electron chi connectivity index (χ3n) is 1.76.